The van der Waals surface area contributed by atoms with E-state index in [1.807, 2.05) is 0 Å². The average Bonchev–Trinajstić information content (AvgIpc) is 2.27. The maximum Gasteiger partial charge on any atom is 0.319 e. The molecule has 0 aromatic heterocycles. The molecule has 6 heteroatoms. The van der Waals surface area contributed by atoms with Gasteiger partial charge in [0.25, 0.3) is 0 Å². The lowest BCUT2D eigenvalue weighted by molar-refractivity contribution is -0.146. The minimum atomic E-state index is -0.817. The van der Waals surface area contributed by atoms with Crippen molar-refractivity contribution in [3.63, 3.8) is 0 Å². The topological polar surface area (TPSA) is 70.1 Å². The number of aliphatic carboxylic acids is 1. The molecule has 2 aliphatic rings. The average molecular weight is 256 g/mol. The number of ether oxygens (including phenoxy) is 1. The molecule has 0 bridgehead atoms. The van der Waals surface area contributed by atoms with Crippen molar-refractivity contribution in [3.05, 3.63) is 0 Å². The van der Waals surface area contributed by atoms with Crippen LogP contribution >= 0.6 is 0 Å². The van der Waals surface area contributed by atoms with E-state index in [1.165, 1.54) is 0 Å². The molecule has 102 valence electrons. The molecule has 1 N–H and O–H groups in total. The molecule has 2 rings (SSSR count). The molecule has 18 heavy (non-hydrogen) atoms. The number of amides is 2. The second kappa shape index (κ2) is 5.56. The fourth-order valence-electron chi connectivity index (χ4n) is 2.45. The van der Waals surface area contributed by atoms with Gasteiger partial charge in [0.15, 0.2) is 0 Å². The molecule has 2 aliphatic heterocycles. The number of hydrogen-bond acceptors (Lipinski definition) is 3. The summed E-state index contributed by atoms with van der Waals surface area (Å²) < 4.78 is 5.38. The van der Waals surface area contributed by atoms with Crippen LogP contribution in [0.25, 0.3) is 0 Å². The highest BCUT2D eigenvalue weighted by atomic mass is 16.5. The highest BCUT2D eigenvalue weighted by Gasteiger charge is 2.37. The highest BCUT2D eigenvalue weighted by Crippen LogP contribution is 2.19. The first-order valence-corrected chi connectivity index (χ1v) is 6.38. The molecule has 2 fully saturated rings. The van der Waals surface area contributed by atoms with Crippen molar-refractivity contribution in [1.82, 2.24) is 9.80 Å². The maximum atomic E-state index is 12.0. The summed E-state index contributed by atoms with van der Waals surface area (Å²) in [6, 6.07) is -0.0712. The quantitative estimate of drug-likeness (QED) is 0.797. The van der Waals surface area contributed by atoms with E-state index in [-0.39, 0.29) is 11.9 Å². The molecule has 1 unspecified atom stereocenters. The number of carboxylic acid groups (broad SMARTS) is 1. The van der Waals surface area contributed by atoms with E-state index in [0.29, 0.717) is 25.6 Å². The van der Waals surface area contributed by atoms with Crippen LogP contribution in [-0.4, -0.2) is 66.8 Å². The number of likely N-dealkylation sites (tertiary alicyclic amines) is 1. The summed E-state index contributed by atoms with van der Waals surface area (Å²) in [4.78, 5) is 25.9. The van der Waals surface area contributed by atoms with E-state index in [2.05, 4.69) is 0 Å². The third-order valence-electron chi connectivity index (χ3n) is 3.61. The summed E-state index contributed by atoms with van der Waals surface area (Å²) in [5.41, 5.74) is 0. The third kappa shape index (κ3) is 2.93. The van der Waals surface area contributed by atoms with Crippen LogP contribution in [0.4, 0.5) is 4.79 Å². The van der Waals surface area contributed by atoms with Gasteiger partial charge in [-0.1, -0.05) is 0 Å². The Kier molecular flexibility index (Phi) is 4.06. The van der Waals surface area contributed by atoms with Gasteiger partial charge in [0.1, 0.15) is 0 Å². The van der Waals surface area contributed by atoms with Crippen molar-refractivity contribution < 1.29 is 19.4 Å². The zero-order valence-corrected chi connectivity index (χ0v) is 10.7. The summed E-state index contributed by atoms with van der Waals surface area (Å²) in [5, 5.41) is 8.76. The molecule has 1 atom stereocenters. The van der Waals surface area contributed by atoms with Crippen molar-refractivity contribution in [2.45, 2.75) is 12.8 Å². The number of hydrogen-bond donors (Lipinski definition) is 1. The van der Waals surface area contributed by atoms with Crippen LogP contribution in [0.15, 0.2) is 0 Å². The van der Waals surface area contributed by atoms with Crippen LogP contribution in [0.5, 0.6) is 0 Å². The van der Waals surface area contributed by atoms with E-state index >= 15 is 0 Å². The molecule has 6 nitrogen and oxygen atoms in total. The Hall–Kier alpha value is -1.30. The lowest BCUT2D eigenvalue weighted by Gasteiger charge is -2.39. The van der Waals surface area contributed by atoms with Crippen LogP contribution in [-0.2, 0) is 9.53 Å². The highest BCUT2D eigenvalue weighted by molar-refractivity contribution is 5.79. The molecular formula is C12H20N2O4. The normalized spacial score (nSPS) is 24.5. The van der Waals surface area contributed by atoms with Crippen LogP contribution < -0.4 is 0 Å². The predicted octanol–water partition coefficient (Wildman–Crippen LogP) is 0.481. The van der Waals surface area contributed by atoms with Crippen molar-refractivity contribution in [1.29, 1.82) is 0 Å². The molecule has 0 aromatic carbocycles. The predicted molar refractivity (Wildman–Crippen MR) is 64.3 cm³/mol. The first kappa shape index (κ1) is 13.1. The van der Waals surface area contributed by atoms with Gasteiger partial charge in [0.2, 0.25) is 0 Å². The lowest BCUT2D eigenvalue weighted by atomic mass is 10.0. The van der Waals surface area contributed by atoms with Gasteiger partial charge in [-0.3, -0.25) is 4.79 Å². The van der Waals surface area contributed by atoms with E-state index in [9.17, 15) is 9.59 Å². The van der Waals surface area contributed by atoms with E-state index in [0.717, 1.165) is 26.1 Å². The Morgan fingerprint density at radius 3 is 2.72 bits per heavy atom. The first-order valence-electron chi connectivity index (χ1n) is 6.38. The zero-order chi connectivity index (χ0) is 13.1. The maximum absolute atomic E-state index is 12.0. The number of rotatable bonds is 3. The molecule has 2 heterocycles. The standard InChI is InChI=1S/C12H20N2O4/c1-13(5-9-3-2-4-18-8-9)12(17)14-6-10(7-14)11(15)16/h9-10H,2-8H2,1H3,(H,15,16). The summed E-state index contributed by atoms with van der Waals surface area (Å²) >= 11 is 0. The zero-order valence-electron chi connectivity index (χ0n) is 10.7. The van der Waals surface area contributed by atoms with Gasteiger partial charge >= 0.3 is 12.0 Å². The van der Waals surface area contributed by atoms with Gasteiger partial charge in [0.05, 0.1) is 12.5 Å². The SMILES string of the molecule is CN(CC1CCCOC1)C(=O)N1CC(C(=O)O)C1. The Bertz CT molecular complexity index is 322. The monoisotopic (exact) mass is 256 g/mol. The second-order valence-corrected chi connectivity index (χ2v) is 5.19. The van der Waals surface area contributed by atoms with Crippen molar-refractivity contribution in [2.75, 3.05) is 39.9 Å². The van der Waals surface area contributed by atoms with Crippen LogP contribution in [0.3, 0.4) is 0 Å². The minimum Gasteiger partial charge on any atom is -0.481 e. The summed E-state index contributed by atoms with van der Waals surface area (Å²) in [6.07, 6.45) is 2.15. The third-order valence-corrected chi connectivity index (χ3v) is 3.61. The number of carbonyl (C=O) groups excluding carboxylic acids is 1. The van der Waals surface area contributed by atoms with Crippen molar-refractivity contribution in [3.8, 4) is 0 Å². The molecule has 0 radical (unpaired) electrons. The summed E-state index contributed by atoms with van der Waals surface area (Å²) in [7, 11) is 1.77. The van der Waals surface area contributed by atoms with Gasteiger partial charge in [-0.25, -0.2) is 4.79 Å². The van der Waals surface area contributed by atoms with Crippen LogP contribution in [0.1, 0.15) is 12.8 Å². The van der Waals surface area contributed by atoms with Gasteiger partial charge in [-0.2, -0.15) is 0 Å². The Balaban J connectivity index is 1.73. The molecule has 2 amide bonds. The molecule has 0 aliphatic carbocycles. The van der Waals surface area contributed by atoms with Crippen LogP contribution in [0, 0.1) is 11.8 Å². The number of urea groups is 1. The smallest absolute Gasteiger partial charge is 0.319 e. The number of nitrogens with zero attached hydrogens (tertiary/aromatic N) is 2. The second-order valence-electron chi connectivity index (χ2n) is 5.19. The van der Waals surface area contributed by atoms with Crippen molar-refractivity contribution in [2.24, 2.45) is 11.8 Å². The minimum absolute atomic E-state index is 0.0712. The lowest BCUT2D eigenvalue weighted by Crippen LogP contribution is -2.57. The van der Waals surface area contributed by atoms with Gasteiger partial charge in [0, 0.05) is 39.2 Å². The molecule has 0 saturated carbocycles. The number of carbonyl (C=O) groups is 2. The molecular weight excluding hydrogens is 236 g/mol. The van der Waals surface area contributed by atoms with E-state index in [4.69, 9.17) is 9.84 Å². The van der Waals surface area contributed by atoms with Crippen molar-refractivity contribution >= 4 is 12.0 Å². The summed E-state index contributed by atoms with van der Waals surface area (Å²) in [6.45, 7) is 2.89. The van der Waals surface area contributed by atoms with Crippen LogP contribution in [0.2, 0.25) is 0 Å². The largest absolute Gasteiger partial charge is 0.481 e. The first-order chi connectivity index (χ1) is 8.58. The Labute approximate surface area is 106 Å². The van der Waals surface area contributed by atoms with Gasteiger partial charge in [-0.15, -0.1) is 0 Å². The molecule has 0 aromatic rings. The van der Waals surface area contributed by atoms with E-state index < -0.39 is 5.97 Å². The Morgan fingerprint density at radius 2 is 2.17 bits per heavy atom. The fourth-order valence-corrected chi connectivity index (χ4v) is 2.45. The van der Waals surface area contributed by atoms with E-state index in [1.54, 1.807) is 16.8 Å². The van der Waals surface area contributed by atoms with Gasteiger partial charge < -0.3 is 19.6 Å². The summed E-state index contributed by atoms with van der Waals surface area (Å²) in [5.74, 6) is -0.799. The number of carboxylic acids is 1. The molecule has 0 spiro atoms. The fraction of sp³-hybridized carbons (Fsp3) is 0.833. The Morgan fingerprint density at radius 1 is 1.44 bits per heavy atom. The molecule has 2 saturated heterocycles. The van der Waals surface area contributed by atoms with Gasteiger partial charge in [-0.05, 0) is 12.8 Å².